The fraction of sp³-hybridized carbons (Fsp3) is 0.688. The maximum Gasteiger partial charge on any atom is 0.133 e. The van der Waals surface area contributed by atoms with Crippen molar-refractivity contribution in [2.45, 2.75) is 45.2 Å². The van der Waals surface area contributed by atoms with E-state index in [2.05, 4.69) is 28.2 Å². The lowest BCUT2D eigenvalue weighted by Gasteiger charge is -2.30. The van der Waals surface area contributed by atoms with Gasteiger partial charge in [0.15, 0.2) is 0 Å². The Labute approximate surface area is 122 Å². The van der Waals surface area contributed by atoms with Gasteiger partial charge in [-0.05, 0) is 25.8 Å². The van der Waals surface area contributed by atoms with Gasteiger partial charge in [-0.25, -0.2) is 4.98 Å². The van der Waals surface area contributed by atoms with E-state index in [0.29, 0.717) is 6.04 Å². The summed E-state index contributed by atoms with van der Waals surface area (Å²) in [5, 5.41) is 3.42. The first-order valence-corrected chi connectivity index (χ1v) is 7.73. The third-order valence-electron chi connectivity index (χ3n) is 3.99. The van der Waals surface area contributed by atoms with Gasteiger partial charge in [-0.15, -0.1) is 0 Å². The predicted molar refractivity (Wildman–Crippen MR) is 83.1 cm³/mol. The predicted octanol–water partition coefficient (Wildman–Crippen LogP) is 2.59. The molecule has 4 nitrogen and oxygen atoms in total. The van der Waals surface area contributed by atoms with Gasteiger partial charge in [-0.1, -0.05) is 18.9 Å². The number of pyridine rings is 1. The minimum Gasteiger partial charge on any atom is -0.383 e. The Balaban J connectivity index is 2.05. The standard InChI is InChI=1S/C16H27N3O/c1-14-7-4-3-5-11-19(14)16-15(8-6-9-18-16)13-17-10-12-20-2/h6,8-9,14,17H,3-5,7,10-13H2,1-2H3. The first-order valence-electron chi connectivity index (χ1n) is 7.73. The average Bonchev–Trinajstić information content (AvgIpc) is 2.69. The van der Waals surface area contributed by atoms with E-state index < -0.39 is 0 Å². The molecule has 1 aromatic rings. The first-order chi connectivity index (χ1) is 9.83. The molecule has 1 atom stereocenters. The number of rotatable bonds is 6. The summed E-state index contributed by atoms with van der Waals surface area (Å²) in [6, 6.07) is 4.80. The van der Waals surface area contributed by atoms with Crippen molar-refractivity contribution in [1.82, 2.24) is 10.3 Å². The van der Waals surface area contributed by atoms with Gasteiger partial charge in [0.05, 0.1) is 6.61 Å². The van der Waals surface area contributed by atoms with Crippen LogP contribution in [-0.2, 0) is 11.3 Å². The molecule has 4 heteroatoms. The summed E-state index contributed by atoms with van der Waals surface area (Å²) in [6.45, 7) is 5.93. The molecule has 1 fully saturated rings. The Morgan fingerprint density at radius 1 is 1.40 bits per heavy atom. The maximum atomic E-state index is 5.07. The molecule has 0 saturated carbocycles. The van der Waals surface area contributed by atoms with Gasteiger partial charge in [-0.3, -0.25) is 0 Å². The van der Waals surface area contributed by atoms with Crippen LogP contribution < -0.4 is 10.2 Å². The van der Waals surface area contributed by atoms with Gasteiger partial charge in [0.25, 0.3) is 0 Å². The fourth-order valence-electron chi connectivity index (χ4n) is 2.81. The Hall–Kier alpha value is -1.13. The molecular weight excluding hydrogens is 250 g/mol. The van der Waals surface area contributed by atoms with Crippen LogP contribution in [0.1, 0.15) is 38.2 Å². The second-order valence-electron chi connectivity index (χ2n) is 5.55. The van der Waals surface area contributed by atoms with Crippen LogP contribution in [-0.4, -0.2) is 37.8 Å². The van der Waals surface area contributed by atoms with Crippen molar-refractivity contribution in [3.8, 4) is 0 Å². The highest BCUT2D eigenvalue weighted by molar-refractivity contribution is 5.47. The molecule has 20 heavy (non-hydrogen) atoms. The van der Waals surface area contributed by atoms with E-state index in [1.165, 1.54) is 31.2 Å². The summed E-state index contributed by atoms with van der Waals surface area (Å²) in [4.78, 5) is 7.13. The number of aromatic nitrogens is 1. The van der Waals surface area contributed by atoms with Crippen molar-refractivity contribution in [3.05, 3.63) is 23.9 Å². The molecule has 1 aliphatic rings. The van der Waals surface area contributed by atoms with E-state index in [1.807, 2.05) is 12.3 Å². The molecule has 0 amide bonds. The van der Waals surface area contributed by atoms with Crippen molar-refractivity contribution in [3.63, 3.8) is 0 Å². The lowest BCUT2D eigenvalue weighted by Crippen LogP contribution is -2.34. The normalized spacial score (nSPS) is 19.9. The van der Waals surface area contributed by atoms with Crippen molar-refractivity contribution in [1.29, 1.82) is 0 Å². The zero-order valence-electron chi connectivity index (χ0n) is 12.8. The number of hydrogen-bond donors (Lipinski definition) is 1. The second-order valence-corrected chi connectivity index (χ2v) is 5.55. The lowest BCUT2D eigenvalue weighted by molar-refractivity contribution is 0.199. The van der Waals surface area contributed by atoms with Crippen LogP contribution in [0.5, 0.6) is 0 Å². The van der Waals surface area contributed by atoms with Crippen molar-refractivity contribution in [2.75, 3.05) is 31.7 Å². The number of nitrogens with zero attached hydrogens (tertiary/aromatic N) is 2. The quantitative estimate of drug-likeness (QED) is 0.811. The zero-order valence-corrected chi connectivity index (χ0v) is 12.8. The minimum atomic E-state index is 0.588. The van der Waals surface area contributed by atoms with Crippen LogP contribution in [0.25, 0.3) is 0 Å². The van der Waals surface area contributed by atoms with Crippen LogP contribution in [0.15, 0.2) is 18.3 Å². The summed E-state index contributed by atoms with van der Waals surface area (Å²) in [7, 11) is 1.73. The number of anilines is 1. The topological polar surface area (TPSA) is 37.4 Å². The lowest BCUT2D eigenvalue weighted by atomic mass is 10.1. The molecule has 0 radical (unpaired) electrons. The van der Waals surface area contributed by atoms with Gasteiger partial charge in [0.1, 0.15) is 5.82 Å². The van der Waals surface area contributed by atoms with Crippen LogP contribution >= 0.6 is 0 Å². The fourth-order valence-corrected chi connectivity index (χ4v) is 2.81. The zero-order chi connectivity index (χ0) is 14.2. The van der Waals surface area contributed by atoms with Gasteiger partial charge in [0, 0.05) is 44.5 Å². The minimum absolute atomic E-state index is 0.588. The number of hydrogen-bond acceptors (Lipinski definition) is 4. The van der Waals surface area contributed by atoms with E-state index >= 15 is 0 Å². The van der Waals surface area contributed by atoms with Crippen molar-refractivity contribution < 1.29 is 4.74 Å². The highest BCUT2D eigenvalue weighted by Crippen LogP contribution is 2.25. The molecule has 0 aliphatic carbocycles. The van der Waals surface area contributed by atoms with Crippen LogP contribution in [0.2, 0.25) is 0 Å². The van der Waals surface area contributed by atoms with Gasteiger partial charge >= 0.3 is 0 Å². The van der Waals surface area contributed by atoms with E-state index in [1.54, 1.807) is 7.11 Å². The first kappa shape index (κ1) is 15.3. The van der Waals surface area contributed by atoms with E-state index in [-0.39, 0.29) is 0 Å². The molecule has 0 spiro atoms. The molecule has 1 unspecified atom stereocenters. The number of methoxy groups -OCH3 is 1. The van der Waals surface area contributed by atoms with Crippen LogP contribution in [0.3, 0.4) is 0 Å². The van der Waals surface area contributed by atoms with Crippen LogP contribution in [0, 0.1) is 0 Å². The molecule has 2 heterocycles. The van der Waals surface area contributed by atoms with Gasteiger partial charge in [-0.2, -0.15) is 0 Å². The summed E-state index contributed by atoms with van der Waals surface area (Å²) < 4.78 is 5.07. The third-order valence-corrected chi connectivity index (χ3v) is 3.99. The van der Waals surface area contributed by atoms with Crippen molar-refractivity contribution in [2.24, 2.45) is 0 Å². The smallest absolute Gasteiger partial charge is 0.133 e. The summed E-state index contributed by atoms with van der Waals surface area (Å²) >= 11 is 0. The van der Waals surface area contributed by atoms with Gasteiger partial charge in [0.2, 0.25) is 0 Å². The molecule has 112 valence electrons. The monoisotopic (exact) mass is 277 g/mol. The Kier molecular flexibility index (Phi) is 6.27. The molecular formula is C16H27N3O. The Bertz CT molecular complexity index is 397. The molecule has 0 bridgehead atoms. The molecule has 1 aromatic heterocycles. The van der Waals surface area contributed by atoms with Gasteiger partial charge < -0.3 is 15.0 Å². The maximum absolute atomic E-state index is 5.07. The summed E-state index contributed by atoms with van der Waals surface area (Å²) in [5.41, 5.74) is 1.29. The highest BCUT2D eigenvalue weighted by Gasteiger charge is 2.20. The largest absolute Gasteiger partial charge is 0.383 e. The number of ether oxygens (including phenoxy) is 1. The van der Waals surface area contributed by atoms with E-state index in [4.69, 9.17) is 4.74 Å². The molecule has 0 aromatic carbocycles. The Morgan fingerprint density at radius 3 is 3.15 bits per heavy atom. The average molecular weight is 277 g/mol. The van der Waals surface area contributed by atoms with E-state index in [9.17, 15) is 0 Å². The molecule has 1 N–H and O–H groups in total. The second kappa shape index (κ2) is 8.22. The molecule has 1 saturated heterocycles. The van der Waals surface area contributed by atoms with Crippen LogP contribution in [0.4, 0.5) is 5.82 Å². The summed E-state index contributed by atoms with van der Waals surface area (Å²) in [6.07, 6.45) is 7.14. The van der Waals surface area contributed by atoms with Crippen molar-refractivity contribution >= 4 is 5.82 Å². The molecule has 2 rings (SSSR count). The summed E-state index contributed by atoms with van der Waals surface area (Å²) in [5.74, 6) is 1.16. The highest BCUT2D eigenvalue weighted by atomic mass is 16.5. The van der Waals surface area contributed by atoms with E-state index in [0.717, 1.165) is 32.1 Å². The SMILES string of the molecule is COCCNCc1cccnc1N1CCCCCC1C. The Morgan fingerprint density at radius 2 is 2.30 bits per heavy atom. The third kappa shape index (κ3) is 4.18. The number of nitrogens with one attached hydrogen (secondary N) is 1. The molecule has 1 aliphatic heterocycles.